The molecule has 176 valence electrons. The summed E-state index contributed by atoms with van der Waals surface area (Å²) in [5.74, 6) is 1.64. The maximum Gasteiger partial charge on any atom is 0.168 e. The summed E-state index contributed by atoms with van der Waals surface area (Å²) in [6.07, 6.45) is 0. The Balaban J connectivity index is 1.39. The van der Waals surface area contributed by atoms with Crippen molar-refractivity contribution in [1.82, 2.24) is 19.3 Å². The second kappa shape index (κ2) is 8.61. The first-order valence-corrected chi connectivity index (χ1v) is 12.4. The van der Waals surface area contributed by atoms with E-state index in [0.29, 0.717) is 0 Å². The second-order valence-corrected chi connectivity index (χ2v) is 9.30. The van der Waals surface area contributed by atoms with E-state index in [-0.39, 0.29) is 0 Å². The lowest BCUT2D eigenvalue weighted by atomic mass is 10.1. The minimum absolute atomic E-state index is 0.818. The van der Waals surface area contributed by atoms with Crippen molar-refractivity contribution in [2.75, 3.05) is 0 Å². The molecule has 0 N–H and O–H groups in total. The maximum atomic E-state index is 4.67. The van der Waals surface area contributed by atoms with E-state index in [9.17, 15) is 0 Å². The molecule has 4 heteroatoms. The number of hydrogen-bond donors (Lipinski definition) is 0. The summed E-state index contributed by atoms with van der Waals surface area (Å²) in [4.78, 5) is 0. The zero-order valence-corrected chi connectivity index (χ0v) is 20.4. The van der Waals surface area contributed by atoms with Gasteiger partial charge in [0.25, 0.3) is 0 Å². The number of fused-ring (bicyclic) bond motifs is 3. The molecule has 0 bridgehead atoms. The number of para-hydroxylation sites is 2. The van der Waals surface area contributed by atoms with Crippen molar-refractivity contribution in [1.29, 1.82) is 0 Å². The zero-order valence-electron chi connectivity index (χ0n) is 20.4. The van der Waals surface area contributed by atoms with Crippen LogP contribution >= 0.6 is 0 Å². The van der Waals surface area contributed by atoms with Crippen molar-refractivity contribution in [2.24, 2.45) is 0 Å². The molecular formula is C33H24N4. The molecule has 2 aromatic heterocycles. The van der Waals surface area contributed by atoms with Crippen LogP contribution < -0.4 is 0 Å². The molecular weight excluding hydrogens is 452 g/mol. The molecule has 0 fully saturated rings. The molecule has 0 aliphatic rings. The van der Waals surface area contributed by atoms with Gasteiger partial charge in [-0.25, -0.2) is 0 Å². The smallest absolute Gasteiger partial charge is 0.168 e. The summed E-state index contributed by atoms with van der Waals surface area (Å²) in [6.45, 7) is 2.11. The fourth-order valence-corrected chi connectivity index (χ4v) is 5.22. The number of aromatic nitrogens is 4. The van der Waals surface area contributed by atoms with E-state index in [1.165, 1.54) is 27.4 Å². The van der Waals surface area contributed by atoms with Gasteiger partial charge in [0.2, 0.25) is 0 Å². The Kier molecular flexibility index (Phi) is 4.96. The average molecular weight is 477 g/mol. The number of rotatable bonds is 4. The lowest BCUT2D eigenvalue weighted by molar-refractivity contribution is 1.07. The van der Waals surface area contributed by atoms with Crippen molar-refractivity contribution < 1.29 is 0 Å². The fourth-order valence-electron chi connectivity index (χ4n) is 5.22. The highest BCUT2D eigenvalue weighted by molar-refractivity contribution is 6.09. The summed E-state index contributed by atoms with van der Waals surface area (Å²) in [5.41, 5.74) is 7.80. The van der Waals surface area contributed by atoms with Crippen LogP contribution in [-0.2, 0) is 0 Å². The van der Waals surface area contributed by atoms with Crippen LogP contribution in [0.2, 0.25) is 0 Å². The summed E-state index contributed by atoms with van der Waals surface area (Å²) in [5, 5.41) is 11.8. The Morgan fingerprint density at radius 3 is 1.65 bits per heavy atom. The van der Waals surface area contributed by atoms with Crippen LogP contribution in [0.25, 0.3) is 56.0 Å². The van der Waals surface area contributed by atoms with Crippen LogP contribution in [0.3, 0.4) is 0 Å². The Morgan fingerprint density at radius 1 is 0.459 bits per heavy atom. The molecule has 0 radical (unpaired) electrons. The Bertz CT molecular complexity index is 1820. The Hall–Kier alpha value is -4.96. The molecule has 0 aliphatic carbocycles. The topological polar surface area (TPSA) is 35.6 Å². The molecule has 0 aliphatic heterocycles. The highest BCUT2D eigenvalue weighted by Crippen LogP contribution is 2.33. The largest absolute Gasteiger partial charge is 0.309 e. The number of aryl methyl sites for hydroxylation is 1. The van der Waals surface area contributed by atoms with Crippen molar-refractivity contribution in [3.05, 3.63) is 133 Å². The quantitative estimate of drug-likeness (QED) is 0.258. The van der Waals surface area contributed by atoms with Crippen LogP contribution in [0.4, 0.5) is 0 Å². The minimum atomic E-state index is 0.818. The summed E-state index contributed by atoms with van der Waals surface area (Å²) < 4.78 is 4.48. The van der Waals surface area contributed by atoms with E-state index in [1.807, 2.05) is 18.2 Å². The monoisotopic (exact) mass is 476 g/mol. The third kappa shape index (κ3) is 3.54. The van der Waals surface area contributed by atoms with Gasteiger partial charge in [-0.3, -0.25) is 4.57 Å². The summed E-state index contributed by atoms with van der Waals surface area (Å²) >= 11 is 0. The van der Waals surface area contributed by atoms with Crippen molar-refractivity contribution >= 4 is 21.8 Å². The highest BCUT2D eigenvalue weighted by Gasteiger charge is 2.18. The average Bonchev–Trinajstić information content (AvgIpc) is 3.54. The molecule has 2 heterocycles. The van der Waals surface area contributed by atoms with Gasteiger partial charge in [-0.1, -0.05) is 78.9 Å². The third-order valence-electron chi connectivity index (χ3n) is 6.92. The zero-order chi connectivity index (χ0) is 24.8. The summed E-state index contributed by atoms with van der Waals surface area (Å²) in [7, 11) is 0. The van der Waals surface area contributed by atoms with Gasteiger partial charge < -0.3 is 4.57 Å². The molecule has 0 spiro atoms. The SMILES string of the molecule is Cc1cccc(-n2c(-c3ccccc3)nnc2-c2ccc(-n3c4ccccc4c4ccccc43)cc2)c1. The van der Waals surface area contributed by atoms with E-state index >= 15 is 0 Å². The Labute approximate surface area is 215 Å². The van der Waals surface area contributed by atoms with Gasteiger partial charge in [0.1, 0.15) is 0 Å². The number of benzene rings is 5. The molecule has 0 atom stereocenters. The first-order valence-electron chi connectivity index (χ1n) is 12.4. The van der Waals surface area contributed by atoms with Gasteiger partial charge in [0.15, 0.2) is 11.6 Å². The van der Waals surface area contributed by atoms with Crippen LogP contribution in [0.15, 0.2) is 127 Å². The minimum Gasteiger partial charge on any atom is -0.309 e. The first-order chi connectivity index (χ1) is 18.3. The molecule has 0 saturated heterocycles. The van der Waals surface area contributed by atoms with Gasteiger partial charge in [-0.15, -0.1) is 10.2 Å². The van der Waals surface area contributed by atoms with E-state index < -0.39 is 0 Å². The predicted octanol–water partition coefficient (Wildman–Crippen LogP) is 8.01. The molecule has 7 aromatic rings. The van der Waals surface area contributed by atoms with Crippen LogP contribution in [-0.4, -0.2) is 19.3 Å². The maximum absolute atomic E-state index is 4.67. The van der Waals surface area contributed by atoms with Gasteiger partial charge >= 0.3 is 0 Å². The lowest BCUT2D eigenvalue weighted by Crippen LogP contribution is -2.01. The summed E-state index contributed by atoms with van der Waals surface area (Å²) in [6, 6.07) is 44.5. The lowest BCUT2D eigenvalue weighted by Gasteiger charge is -2.13. The van der Waals surface area contributed by atoms with Crippen LogP contribution in [0, 0.1) is 6.92 Å². The molecule has 4 nitrogen and oxygen atoms in total. The molecule has 5 aromatic carbocycles. The van der Waals surface area contributed by atoms with Gasteiger partial charge in [-0.05, 0) is 61.0 Å². The predicted molar refractivity (Wildman–Crippen MR) is 151 cm³/mol. The second-order valence-electron chi connectivity index (χ2n) is 9.30. The molecule has 0 unspecified atom stereocenters. The van der Waals surface area contributed by atoms with Gasteiger partial charge in [0.05, 0.1) is 11.0 Å². The highest BCUT2D eigenvalue weighted by atomic mass is 15.3. The normalized spacial score (nSPS) is 11.4. The van der Waals surface area contributed by atoms with E-state index in [2.05, 4.69) is 135 Å². The number of nitrogens with zero attached hydrogens (tertiary/aromatic N) is 4. The molecule has 7 rings (SSSR count). The standard InChI is InChI=1S/C33H24N4/c1-23-10-9-13-27(22-23)37-32(24-11-3-2-4-12-24)34-35-33(37)25-18-20-26(21-19-25)36-30-16-7-5-14-28(30)29-15-6-8-17-31(29)36/h2-22H,1H3. The molecule has 37 heavy (non-hydrogen) atoms. The van der Waals surface area contributed by atoms with Crippen molar-refractivity contribution in [3.8, 4) is 34.2 Å². The van der Waals surface area contributed by atoms with Crippen LogP contribution in [0.5, 0.6) is 0 Å². The van der Waals surface area contributed by atoms with E-state index in [1.54, 1.807) is 0 Å². The molecule has 0 amide bonds. The van der Waals surface area contributed by atoms with Crippen molar-refractivity contribution in [3.63, 3.8) is 0 Å². The Morgan fingerprint density at radius 2 is 1.03 bits per heavy atom. The third-order valence-corrected chi connectivity index (χ3v) is 6.92. The van der Waals surface area contributed by atoms with Gasteiger partial charge in [0, 0.05) is 33.3 Å². The number of hydrogen-bond acceptors (Lipinski definition) is 2. The van der Waals surface area contributed by atoms with E-state index in [0.717, 1.165) is 34.2 Å². The first kappa shape index (κ1) is 21.3. The van der Waals surface area contributed by atoms with E-state index in [4.69, 9.17) is 0 Å². The molecule has 0 saturated carbocycles. The fraction of sp³-hybridized carbons (Fsp3) is 0.0303. The van der Waals surface area contributed by atoms with Gasteiger partial charge in [-0.2, -0.15) is 0 Å². The van der Waals surface area contributed by atoms with Crippen LogP contribution in [0.1, 0.15) is 5.56 Å². The van der Waals surface area contributed by atoms with Crippen molar-refractivity contribution in [2.45, 2.75) is 6.92 Å².